The van der Waals surface area contributed by atoms with Crippen LogP contribution in [0.1, 0.15) is 6.92 Å². The van der Waals surface area contributed by atoms with Gasteiger partial charge < -0.3 is 4.90 Å². The fourth-order valence-corrected chi connectivity index (χ4v) is 4.91. The lowest BCUT2D eigenvalue weighted by atomic mass is 10.4. The number of hydrogen-bond donors (Lipinski definition) is 0. The van der Waals surface area contributed by atoms with Crippen LogP contribution in [0.3, 0.4) is 0 Å². The van der Waals surface area contributed by atoms with Crippen molar-refractivity contribution < 1.29 is 9.36 Å². The first-order valence-corrected chi connectivity index (χ1v) is 9.87. The average Bonchev–Trinajstić information content (AvgIpc) is 3.19. The number of hydrogen-bond acceptors (Lipinski definition) is 6. The summed E-state index contributed by atoms with van der Waals surface area (Å²) in [5.74, 6) is 1.66. The van der Waals surface area contributed by atoms with Crippen molar-refractivity contribution in [1.29, 1.82) is 0 Å². The largest absolute Gasteiger partial charge is 0.335 e. The topological polar surface area (TPSA) is 52.7 Å². The van der Waals surface area contributed by atoms with Gasteiger partial charge in [-0.2, -0.15) is 0 Å². The molecular formula is C18H18N5OS2+. The highest BCUT2D eigenvalue weighted by atomic mass is 32.2. The van der Waals surface area contributed by atoms with Crippen LogP contribution >= 0.6 is 23.1 Å². The molecule has 0 atom stereocenters. The van der Waals surface area contributed by atoms with Gasteiger partial charge in [0.1, 0.15) is 9.57 Å². The minimum atomic E-state index is -0.0310. The van der Waals surface area contributed by atoms with Gasteiger partial charge in [-0.15, -0.1) is 11.3 Å². The predicted molar refractivity (Wildman–Crippen MR) is 106 cm³/mol. The number of carbonyl (C=O) groups is 1. The zero-order valence-corrected chi connectivity index (χ0v) is 16.3. The van der Waals surface area contributed by atoms with Gasteiger partial charge in [0.05, 0.1) is 17.8 Å². The van der Waals surface area contributed by atoms with E-state index in [1.807, 2.05) is 73.2 Å². The standard InChI is InChI=1S/C18H18N5OS2/c1-4-23-17(24)14(16-20-15-12(25-16)8-7-11-22(15)3)26-18(23)19-13-9-5-6-10-21(13)2/h5-11H,4H2,1-3H3/q+1/b16-14-. The maximum Gasteiger partial charge on any atom is 0.326 e. The number of amides is 1. The fraction of sp³-hybridized carbons (Fsp3) is 0.222. The van der Waals surface area contributed by atoms with Crippen LogP contribution in [0.5, 0.6) is 0 Å². The quantitative estimate of drug-likeness (QED) is 0.728. The monoisotopic (exact) mass is 384 g/mol. The number of thioether (sulfide) groups is 1. The molecule has 132 valence electrons. The number of amidine groups is 1. The van der Waals surface area contributed by atoms with E-state index in [0.717, 1.165) is 20.8 Å². The van der Waals surface area contributed by atoms with Crippen molar-refractivity contribution in [3.8, 4) is 0 Å². The third-order valence-electron chi connectivity index (χ3n) is 4.14. The zero-order valence-electron chi connectivity index (χ0n) is 14.7. The van der Waals surface area contributed by atoms with Gasteiger partial charge in [-0.05, 0) is 41.9 Å². The molecule has 26 heavy (non-hydrogen) atoms. The number of fused-ring (bicyclic) bond motifs is 1. The van der Waals surface area contributed by atoms with Crippen molar-refractivity contribution in [2.75, 3.05) is 18.5 Å². The fourth-order valence-electron chi connectivity index (χ4n) is 2.74. The molecule has 2 aromatic rings. The predicted octanol–water partition coefficient (Wildman–Crippen LogP) is 1.10. The molecule has 8 heteroatoms. The summed E-state index contributed by atoms with van der Waals surface area (Å²) in [6.07, 6.45) is 7.91. The Balaban J connectivity index is 1.81. The Kier molecular flexibility index (Phi) is 4.37. The van der Waals surface area contributed by atoms with Crippen molar-refractivity contribution in [3.05, 3.63) is 45.9 Å². The van der Waals surface area contributed by atoms with Crippen LogP contribution in [0.25, 0.3) is 11.0 Å². The molecule has 0 unspecified atom stereocenters. The second kappa shape index (κ2) is 6.69. The lowest BCUT2D eigenvalue weighted by Crippen LogP contribution is -2.31. The van der Waals surface area contributed by atoms with Gasteiger partial charge in [0.15, 0.2) is 5.82 Å². The molecule has 0 radical (unpaired) electrons. The molecule has 4 rings (SSSR count). The summed E-state index contributed by atoms with van der Waals surface area (Å²) in [5, 5.41) is 0.693. The Morgan fingerprint density at radius 3 is 2.92 bits per heavy atom. The van der Waals surface area contributed by atoms with Crippen LogP contribution in [0.4, 0.5) is 11.6 Å². The Bertz CT molecular complexity index is 1070. The Morgan fingerprint density at radius 1 is 1.35 bits per heavy atom. The molecular weight excluding hydrogens is 366 g/mol. The normalized spacial score (nSPS) is 20.0. The average molecular weight is 385 g/mol. The van der Waals surface area contributed by atoms with Gasteiger partial charge in [-0.3, -0.25) is 9.69 Å². The number of aromatic nitrogens is 2. The first-order chi connectivity index (χ1) is 12.6. The summed E-state index contributed by atoms with van der Waals surface area (Å²) in [4.78, 5) is 26.6. The molecule has 0 spiro atoms. The van der Waals surface area contributed by atoms with E-state index in [1.54, 1.807) is 4.90 Å². The molecule has 0 bridgehead atoms. The molecule has 6 nitrogen and oxygen atoms in total. The summed E-state index contributed by atoms with van der Waals surface area (Å²) >= 11 is 2.94. The number of thiazole rings is 1. The number of rotatable bonds is 2. The molecule has 0 aliphatic carbocycles. The van der Waals surface area contributed by atoms with E-state index >= 15 is 0 Å². The Labute approximate surface area is 159 Å². The number of allylic oxidation sites excluding steroid dienone is 1. The third-order valence-corrected chi connectivity index (χ3v) is 6.36. The smallest absolute Gasteiger partial charge is 0.326 e. The molecule has 0 N–H and O–H groups in total. The number of anilines is 1. The first-order valence-electron chi connectivity index (χ1n) is 8.24. The van der Waals surface area contributed by atoms with Crippen LogP contribution < -0.4 is 18.7 Å². The minimum Gasteiger partial charge on any atom is -0.335 e. The summed E-state index contributed by atoms with van der Waals surface area (Å²) in [6, 6.07) is 5.82. The van der Waals surface area contributed by atoms with Crippen LogP contribution in [0.2, 0.25) is 0 Å². The first kappa shape index (κ1) is 17.0. The number of nitrogens with zero attached hydrogens (tertiary/aromatic N) is 5. The van der Waals surface area contributed by atoms with Gasteiger partial charge >= 0.3 is 5.82 Å². The highest BCUT2D eigenvalue weighted by Crippen LogP contribution is 2.32. The molecule has 1 saturated heterocycles. The second-order valence-corrected chi connectivity index (χ2v) is 7.88. The van der Waals surface area contributed by atoms with Crippen molar-refractivity contribution in [2.24, 2.45) is 12.0 Å². The van der Waals surface area contributed by atoms with Crippen LogP contribution in [0.15, 0.2) is 41.7 Å². The molecule has 4 heterocycles. The highest BCUT2D eigenvalue weighted by molar-refractivity contribution is 8.23. The van der Waals surface area contributed by atoms with E-state index in [0.29, 0.717) is 16.6 Å². The van der Waals surface area contributed by atoms with Crippen molar-refractivity contribution >= 4 is 56.8 Å². The van der Waals surface area contributed by atoms with E-state index in [2.05, 4.69) is 4.98 Å². The van der Waals surface area contributed by atoms with E-state index in [1.165, 1.54) is 23.1 Å². The van der Waals surface area contributed by atoms with Crippen LogP contribution in [-0.4, -0.2) is 34.6 Å². The number of pyridine rings is 1. The zero-order chi connectivity index (χ0) is 18.3. The maximum atomic E-state index is 12.9. The summed E-state index contributed by atoms with van der Waals surface area (Å²) < 4.78 is 3.74. The Morgan fingerprint density at radius 2 is 2.19 bits per heavy atom. The maximum absolute atomic E-state index is 12.9. The molecule has 1 amide bonds. The molecule has 0 aromatic carbocycles. The summed E-state index contributed by atoms with van der Waals surface area (Å²) in [6.45, 7) is 2.53. The lowest BCUT2D eigenvalue weighted by Gasteiger charge is -2.11. The van der Waals surface area contributed by atoms with E-state index < -0.39 is 0 Å². The molecule has 1 fully saturated rings. The van der Waals surface area contributed by atoms with Crippen molar-refractivity contribution in [2.45, 2.75) is 6.92 Å². The van der Waals surface area contributed by atoms with E-state index in [9.17, 15) is 4.79 Å². The number of carbonyl (C=O) groups excluding carboxylic acids is 1. The van der Waals surface area contributed by atoms with Gasteiger partial charge in [0.2, 0.25) is 0 Å². The molecule has 2 aliphatic rings. The van der Waals surface area contributed by atoms with Crippen molar-refractivity contribution in [1.82, 2.24) is 9.88 Å². The SMILES string of the molecule is CCN1C(=O)/C(=c2\nc3c(s2)=CC=CN3C)S/C1=N\c1cccc[n+]1C. The van der Waals surface area contributed by atoms with Gasteiger partial charge in [-0.1, -0.05) is 6.07 Å². The molecule has 0 saturated carbocycles. The summed E-state index contributed by atoms with van der Waals surface area (Å²) in [7, 11) is 3.90. The number of aliphatic imine (C=N–C) groups is 1. The van der Waals surface area contributed by atoms with Crippen LogP contribution in [0, 0.1) is 0 Å². The lowest BCUT2D eigenvalue weighted by molar-refractivity contribution is -0.658. The van der Waals surface area contributed by atoms with Gasteiger partial charge in [0, 0.05) is 25.9 Å². The molecule has 2 aliphatic heterocycles. The van der Waals surface area contributed by atoms with E-state index in [4.69, 9.17) is 4.99 Å². The third kappa shape index (κ3) is 2.85. The highest BCUT2D eigenvalue weighted by Gasteiger charge is 2.37. The van der Waals surface area contributed by atoms with Crippen molar-refractivity contribution in [3.63, 3.8) is 0 Å². The van der Waals surface area contributed by atoms with E-state index in [-0.39, 0.29) is 5.91 Å². The Hall–Kier alpha value is -2.45. The molecule has 2 aromatic heterocycles. The van der Waals surface area contributed by atoms with Gasteiger partial charge in [0.25, 0.3) is 11.1 Å². The van der Waals surface area contributed by atoms with Crippen LogP contribution in [-0.2, 0) is 11.8 Å². The summed E-state index contributed by atoms with van der Waals surface area (Å²) in [5.41, 5.74) is 0. The number of aryl methyl sites for hydroxylation is 1. The second-order valence-electron chi connectivity index (χ2n) is 5.87. The van der Waals surface area contributed by atoms with Gasteiger partial charge in [-0.25, -0.2) is 9.55 Å². The minimum absolute atomic E-state index is 0.0310.